The van der Waals surface area contributed by atoms with Gasteiger partial charge in [0.05, 0.1) is 19.1 Å². The molecule has 2 N–H and O–H groups in total. The highest BCUT2D eigenvalue weighted by Crippen LogP contribution is 2.26. The number of carbonyl (C=O) groups is 2. The molecule has 0 fully saturated rings. The van der Waals surface area contributed by atoms with E-state index in [9.17, 15) is 9.59 Å². The summed E-state index contributed by atoms with van der Waals surface area (Å²) in [5, 5.41) is 6.61. The third-order valence-corrected chi connectivity index (χ3v) is 5.56. The minimum Gasteiger partial charge on any atom is -0.467 e. The lowest BCUT2D eigenvalue weighted by Gasteiger charge is -2.12. The van der Waals surface area contributed by atoms with Gasteiger partial charge in [0.15, 0.2) is 5.76 Å². The lowest BCUT2D eigenvalue weighted by molar-refractivity contribution is 0.0938. The molecule has 0 saturated heterocycles. The van der Waals surface area contributed by atoms with E-state index in [1.807, 2.05) is 60.0 Å². The largest absolute Gasteiger partial charge is 0.467 e. The molecule has 0 aliphatic heterocycles. The number of aromatic nitrogens is 1. The SMILES string of the molecule is Cc1cccc(Cn2c(C(=O)NCc3ccco3)cc3cc(NC(=O)c4ccco4)ccc32)c1. The lowest BCUT2D eigenvalue weighted by atomic mass is 10.1. The average molecular weight is 453 g/mol. The number of hydrogen-bond acceptors (Lipinski definition) is 4. The number of furan rings is 2. The number of anilines is 1. The van der Waals surface area contributed by atoms with E-state index in [0.29, 0.717) is 30.2 Å². The summed E-state index contributed by atoms with van der Waals surface area (Å²) in [7, 11) is 0. The Labute approximate surface area is 196 Å². The molecule has 0 atom stereocenters. The van der Waals surface area contributed by atoms with Crippen LogP contribution in [0.1, 0.15) is 37.9 Å². The summed E-state index contributed by atoms with van der Waals surface area (Å²) < 4.78 is 12.5. The van der Waals surface area contributed by atoms with E-state index in [2.05, 4.69) is 16.7 Å². The molecule has 3 heterocycles. The molecule has 0 radical (unpaired) electrons. The average Bonchev–Trinajstić information content (AvgIpc) is 3.59. The number of benzene rings is 2. The van der Waals surface area contributed by atoms with Crippen molar-refractivity contribution in [3.63, 3.8) is 0 Å². The second kappa shape index (κ2) is 9.15. The Morgan fingerprint density at radius 3 is 2.50 bits per heavy atom. The van der Waals surface area contributed by atoms with Crippen LogP contribution in [0.25, 0.3) is 10.9 Å². The number of nitrogens with one attached hydrogen (secondary N) is 2. The predicted molar refractivity (Wildman–Crippen MR) is 129 cm³/mol. The topological polar surface area (TPSA) is 89.4 Å². The zero-order chi connectivity index (χ0) is 23.5. The molecule has 7 heteroatoms. The maximum Gasteiger partial charge on any atom is 0.291 e. The van der Waals surface area contributed by atoms with Gasteiger partial charge in [-0.15, -0.1) is 0 Å². The smallest absolute Gasteiger partial charge is 0.291 e. The van der Waals surface area contributed by atoms with E-state index in [1.165, 1.54) is 6.26 Å². The molecule has 34 heavy (non-hydrogen) atoms. The highest BCUT2D eigenvalue weighted by Gasteiger charge is 2.17. The minimum absolute atomic E-state index is 0.207. The van der Waals surface area contributed by atoms with E-state index in [-0.39, 0.29) is 17.6 Å². The maximum atomic E-state index is 13.1. The van der Waals surface area contributed by atoms with Gasteiger partial charge in [-0.1, -0.05) is 29.8 Å². The molecule has 0 aliphatic rings. The van der Waals surface area contributed by atoms with Gasteiger partial charge in [0.1, 0.15) is 11.5 Å². The summed E-state index contributed by atoms with van der Waals surface area (Å²) in [5.41, 5.74) is 4.27. The molecule has 2 aromatic carbocycles. The Balaban J connectivity index is 1.48. The first-order valence-corrected chi connectivity index (χ1v) is 10.9. The molecule has 5 rings (SSSR count). The van der Waals surface area contributed by atoms with Crippen molar-refractivity contribution in [1.82, 2.24) is 9.88 Å². The molecule has 0 unspecified atom stereocenters. The molecule has 170 valence electrons. The zero-order valence-electron chi connectivity index (χ0n) is 18.6. The first kappa shape index (κ1) is 21.3. The fourth-order valence-electron chi connectivity index (χ4n) is 3.97. The number of amides is 2. The van der Waals surface area contributed by atoms with Crippen molar-refractivity contribution in [3.8, 4) is 0 Å². The highest BCUT2D eigenvalue weighted by atomic mass is 16.3. The van der Waals surface area contributed by atoms with Gasteiger partial charge >= 0.3 is 0 Å². The van der Waals surface area contributed by atoms with Crippen LogP contribution in [0.15, 0.2) is 94.2 Å². The first-order chi connectivity index (χ1) is 16.6. The fraction of sp³-hybridized carbons (Fsp3) is 0.111. The van der Waals surface area contributed by atoms with Crippen LogP contribution in [0, 0.1) is 6.92 Å². The Bertz CT molecular complexity index is 1450. The molecule has 5 aromatic rings. The van der Waals surface area contributed by atoms with Crippen LogP contribution in [0.3, 0.4) is 0 Å². The highest BCUT2D eigenvalue weighted by molar-refractivity contribution is 6.04. The number of fused-ring (bicyclic) bond motifs is 1. The predicted octanol–water partition coefficient (Wildman–Crippen LogP) is 5.37. The Kier molecular flexibility index (Phi) is 5.74. The van der Waals surface area contributed by atoms with Crippen LogP contribution < -0.4 is 10.6 Å². The monoisotopic (exact) mass is 453 g/mol. The van der Waals surface area contributed by atoms with E-state index >= 15 is 0 Å². The minimum atomic E-state index is -0.333. The number of carbonyl (C=O) groups excluding carboxylic acids is 2. The van der Waals surface area contributed by atoms with E-state index in [0.717, 1.165) is 22.0 Å². The van der Waals surface area contributed by atoms with Crippen LogP contribution in [0.5, 0.6) is 0 Å². The van der Waals surface area contributed by atoms with Gasteiger partial charge in [0.25, 0.3) is 11.8 Å². The van der Waals surface area contributed by atoms with Gasteiger partial charge in [-0.05, 0) is 61.0 Å². The van der Waals surface area contributed by atoms with Crippen molar-refractivity contribution in [2.75, 3.05) is 5.32 Å². The Morgan fingerprint density at radius 1 is 0.882 bits per heavy atom. The summed E-state index contributed by atoms with van der Waals surface area (Å²) in [6, 6.07) is 22.5. The maximum absolute atomic E-state index is 13.1. The normalized spacial score (nSPS) is 11.0. The molecule has 0 bridgehead atoms. The summed E-state index contributed by atoms with van der Waals surface area (Å²) in [5.74, 6) is 0.370. The molecule has 2 amide bonds. The summed E-state index contributed by atoms with van der Waals surface area (Å²) in [6.07, 6.45) is 3.03. The Morgan fingerprint density at radius 2 is 1.74 bits per heavy atom. The van der Waals surface area contributed by atoms with Crippen molar-refractivity contribution in [2.24, 2.45) is 0 Å². The molecule has 0 saturated carbocycles. The zero-order valence-corrected chi connectivity index (χ0v) is 18.6. The van der Waals surface area contributed by atoms with Gasteiger partial charge in [-0.2, -0.15) is 0 Å². The van der Waals surface area contributed by atoms with Gasteiger partial charge in [0, 0.05) is 23.1 Å². The second-order valence-corrected chi connectivity index (χ2v) is 8.07. The fourth-order valence-corrected chi connectivity index (χ4v) is 3.97. The first-order valence-electron chi connectivity index (χ1n) is 10.9. The van der Waals surface area contributed by atoms with Crippen LogP contribution in [-0.2, 0) is 13.1 Å². The van der Waals surface area contributed by atoms with Crippen molar-refractivity contribution in [2.45, 2.75) is 20.0 Å². The molecule has 0 spiro atoms. The molecular weight excluding hydrogens is 430 g/mol. The van der Waals surface area contributed by atoms with Crippen molar-refractivity contribution < 1.29 is 18.4 Å². The molecule has 0 aliphatic carbocycles. The molecule has 3 aromatic heterocycles. The summed E-state index contributed by atoms with van der Waals surface area (Å²) >= 11 is 0. The van der Waals surface area contributed by atoms with Gasteiger partial charge in [0.2, 0.25) is 0 Å². The van der Waals surface area contributed by atoms with Crippen molar-refractivity contribution in [3.05, 3.63) is 114 Å². The molecule has 7 nitrogen and oxygen atoms in total. The van der Waals surface area contributed by atoms with Crippen LogP contribution in [-0.4, -0.2) is 16.4 Å². The quantitative estimate of drug-likeness (QED) is 0.347. The van der Waals surface area contributed by atoms with E-state index in [1.54, 1.807) is 24.5 Å². The van der Waals surface area contributed by atoms with E-state index < -0.39 is 0 Å². The van der Waals surface area contributed by atoms with Crippen LogP contribution in [0.4, 0.5) is 5.69 Å². The summed E-state index contributed by atoms with van der Waals surface area (Å²) in [6.45, 7) is 2.87. The number of hydrogen-bond donors (Lipinski definition) is 2. The number of aryl methyl sites for hydroxylation is 1. The standard InChI is InChI=1S/C27H23N3O4/c1-18-5-2-6-19(13-18)17-30-23-10-9-21(29-27(32)25-8-4-12-34-25)14-20(23)15-24(30)26(31)28-16-22-7-3-11-33-22/h2-15H,16-17H2,1H3,(H,28,31)(H,29,32). The third kappa shape index (κ3) is 4.49. The second-order valence-electron chi connectivity index (χ2n) is 8.07. The van der Waals surface area contributed by atoms with Gasteiger partial charge in [-0.25, -0.2) is 0 Å². The van der Waals surface area contributed by atoms with Crippen molar-refractivity contribution in [1.29, 1.82) is 0 Å². The lowest BCUT2D eigenvalue weighted by Crippen LogP contribution is -2.25. The third-order valence-electron chi connectivity index (χ3n) is 5.56. The number of rotatable bonds is 7. The Hall–Kier alpha value is -4.52. The van der Waals surface area contributed by atoms with Gasteiger partial charge < -0.3 is 24.0 Å². The number of nitrogens with zero attached hydrogens (tertiary/aromatic N) is 1. The summed E-state index contributed by atoms with van der Waals surface area (Å²) in [4.78, 5) is 25.5. The van der Waals surface area contributed by atoms with E-state index in [4.69, 9.17) is 8.83 Å². The van der Waals surface area contributed by atoms with Crippen molar-refractivity contribution >= 4 is 28.4 Å². The molecular formula is C27H23N3O4. The van der Waals surface area contributed by atoms with Gasteiger partial charge in [-0.3, -0.25) is 9.59 Å². The van der Waals surface area contributed by atoms with Crippen LogP contribution in [0.2, 0.25) is 0 Å². The van der Waals surface area contributed by atoms with Crippen LogP contribution >= 0.6 is 0 Å².